The molecule has 36 heavy (non-hydrogen) atoms. The Hall–Kier alpha value is -3.92. The summed E-state index contributed by atoms with van der Waals surface area (Å²) in [6.07, 6.45) is -0.459. The predicted octanol–water partition coefficient (Wildman–Crippen LogP) is 1.33. The van der Waals surface area contributed by atoms with Gasteiger partial charge in [-0.05, 0) is 42.4 Å². The molecule has 0 bridgehead atoms. The number of anilines is 1. The van der Waals surface area contributed by atoms with Crippen molar-refractivity contribution in [1.82, 2.24) is 10.6 Å². The summed E-state index contributed by atoms with van der Waals surface area (Å²) in [4.78, 5) is 52.5. The number of nitrogens with one attached hydrogen (secondary N) is 2. The predicted molar refractivity (Wildman–Crippen MR) is 127 cm³/mol. The number of carbonyl (C=O) groups excluding carboxylic acids is 4. The number of aliphatic hydroxyl groups is 1. The minimum Gasteiger partial charge on any atom is -0.445 e. The molecule has 2 aromatic carbocycles. The fourth-order valence-electron chi connectivity index (χ4n) is 5.03. The fourth-order valence-corrected chi connectivity index (χ4v) is 5.03. The van der Waals surface area contributed by atoms with Gasteiger partial charge in [0.2, 0.25) is 18.1 Å². The van der Waals surface area contributed by atoms with Gasteiger partial charge in [0, 0.05) is 0 Å². The highest BCUT2D eigenvalue weighted by molar-refractivity contribution is 6.06. The number of hydrogen-bond acceptors (Lipinski definition) is 7. The summed E-state index contributed by atoms with van der Waals surface area (Å²) in [6.45, 7) is 0.0667. The lowest BCUT2D eigenvalue weighted by Crippen LogP contribution is -2.58. The molecule has 3 unspecified atom stereocenters. The first-order valence-corrected chi connectivity index (χ1v) is 12.0. The van der Waals surface area contributed by atoms with Crippen LogP contribution in [0.4, 0.5) is 10.5 Å². The SMILES string of the molecule is O=C1C[C@H](NC(=O)C2CCc3cccc4c3N2C(=O)C(NC(=O)OCc2ccccc2)CC4)C(O)O1. The Labute approximate surface area is 207 Å². The summed E-state index contributed by atoms with van der Waals surface area (Å²) < 4.78 is 10.0. The third-order valence-electron chi connectivity index (χ3n) is 6.80. The zero-order valence-corrected chi connectivity index (χ0v) is 19.5. The Morgan fingerprint density at radius 3 is 2.42 bits per heavy atom. The molecule has 3 N–H and O–H groups in total. The van der Waals surface area contributed by atoms with Gasteiger partial charge in [0.1, 0.15) is 24.7 Å². The molecule has 0 aliphatic carbocycles. The average Bonchev–Trinajstić information content (AvgIpc) is 3.12. The molecule has 4 atom stereocenters. The minimum absolute atomic E-state index is 0.0667. The molecule has 188 valence electrons. The molecule has 0 aromatic heterocycles. The van der Waals surface area contributed by atoms with Crippen molar-refractivity contribution in [2.24, 2.45) is 0 Å². The van der Waals surface area contributed by atoms with Crippen molar-refractivity contribution < 1.29 is 33.8 Å². The van der Waals surface area contributed by atoms with Crippen molar-refractivity contribution in [2.75, 3.05) is 4.90 Å². The van der Waals surface area contributed by atoms with Gasteiger partial charge in [-0.2, -0.15) is 0 Å². The molecule has 3 heterocycles. The van der Waals surface area contributed by atoms with Crippen molar-refractivity contribution in [3.8, 4) is 0 Å². The number of aryl methyl sites for hydroxylation is 2. The van der Waals surface area contributed by atoms with E-state index in [1.54, 1.807) is 0 Å². The smallest absolute Gasteiger partial charge is 0.408 e. The number of amides is 3. The van der Waals surface area contributed by atoms with Crippen molar-refractivity contribution in [3.05, 3.63) is 65.2 Å². The van der Waals surface area contributed by atoms with Crippen LogP contribution in [0.2, 0.25) is 0 Å². The van der Waals surface area contributed by atoms with Crippen LogP contribution in [0.1, 0.15) is 36.0 Å². The largest absolute Gasteiger partial charge is 0.445 e. The zero-order chi connectivity index (χ0) is 25.2. The highest BCUT2D eigenvalue weighted by Crippen LogP contribution is 2.38. The first-order valence-electron chi connectivity index (χ1n) is 12.0. The van der Waals surface area contributed by atoms with E-state index in [2.05, 4.69) is 10.6 Å². The molecule has 0 spiro atoms. The molecule has 3 aliphatic rings. The van der Waals surface area contributed by atoms with Gasteiger partial charge in [-0.3, -0.25) is 19.3 Å². The Morgan fingerprint density at radius 1 is 1.00 bits per heavy atom. The van der Waals surface area contributed by atoms with E-state index in [0.717, 1.165) is 16.7 Å². The van der Waals surface area contributed by atoms with Crippen LogP contribution in [0.5, 0.6) is 0 Å². The Kier molecular flexibility index (Phi) is 6.60. The first-order chi connectivity index (χ1) is 17.4. The standard InChI is InChI=1S/C26H27N3O7/c30-21-13-19(25(33)36-21)27-23(31)20-12-10-17-8-4-7-16-9-11-18(24(32)29(20)22(16)17)28-26(34)35-14-15-5-2-1-3-6-15/h1-8,18-20,25,33H,9-14H2,(H,27,31)(H,28,34)/t18?,19-,20?,25?/m0/s1. The Balaban J connectivity index is 1.35. The number of nitrogens with zero attached hydrogens (tertiary/aromatic N) is 1. The summed E-state index contributed by atoms with van der Waals surface area (Å²) >= 11 is 0. The number of ether oxygens (including phenoxy) is 2. The highest BCUT2D eigenvalue weighted by Gasteiger charge is 2.43. The topological polar surface area (TPSA) is 134 Å². The Bertz CT molecular complexity index is 1190. The van der Waals surface area contributed by atoms with Crippen molar-refractivity contribution in [1.29, 1.82) is 0 Å². The molecule has 0 saturated carbocycles. The lowest BCUT2D eigenvalue weighted by atomic mass is 9.92. The molecule has 1 fully saturated rings. The van der Waals surface area contributed by atoms with Crippen molar-refractivity contribution in [3.63, 3.8) is 0 Å². The maximum absolute atomic E-state index is 13.8. The second kappa shape index (κ2) is 9.98. The third-order valence-corrected chi connectivity index (χ3v) is 6.80. The second-order valence-corrected chi connectivity index (χ2v) is 9.18. The number of esters is 1. The van der Waals surface area contributed by atoms with Crippen LogP contribution in [0.15, 0.2) is 48.5 Å². The first kappa shape index (κ1) is 23.8. The minimum atomic E-state index is -1.43. The van der Waals surface area contributed by atoms with E-state index in [4.69, 9.17) is 9.47 Å². The number of carbonyl (C=O) groups is 4. The monoisotopic (exact) mass is 493 g/mol. The van der Waals surface area contributed by atoms with Gasteiger partial charge in [0.15, 0.2) is 0 Å². The van der Waals surface area contributed by atoms with E-state index in [-0.39, 0.29) is 13.0 Å². The van der Waals surface area contributed by atoms with E-state index in [1.165, 1.54) is 4.90 Å². The Morgan fingerprint density at radius 2 is 1.72 bits per heavy atom. The molecule has 5 rings (SSSR count). The average molecular weight is 494 g/mol. The van der Waals surface area contributed by atoms with E-state index in [9.17, 15) is 24.3 Å². The molecular formula is C26H27N3O7. The summed E-state index contributed by atoms with van der Waals surface area (Å²) in [7, 11) is 0. The third kappa shape index (κ3) is 4.76. The van der Waals surface area contributed by atoms with E-state index < -0.39 is 48.3 Å². The van der Waals surface area contributed by atoms with Crippen molar-refractivity contribution >= 4 is 29.6 Å². The lowest BCUT2D eigenvalue weighted by molar-refractivity contribution is -0.155. The molecule has 1 saturated heterocycles. The molecule has 3 aliphatic heterocycles. The van der Waals surface area contributed by atoms with Crippen LogP contribution in [0, 0.1) is 0 Å². The fraction of sp³-hybridized carbons (Fsp3) is 0.385. The van der Waals surface area contributed by atoms with Gasteiger partial charge in [0.25, 0.3) is 0 Å². The van der Waals surface area contributed by atoms with Gasteiger partial charge in [0.05, 0.1) is 12.1 Å². The maximum Gasteiger partial charge on any atom is 0.408 e. The maximum atomic E-state index is 13.8. The number of aliphatic hydroxyl groups excluding tert-OH is 1. The zero-order valence-electron chi connectivity index (χ0n) is 19.5. The quantitative estimate of drug-likeness (QED) is 0.535. The van der Waals surface area contributed by atoms with Gasteiger partial charge >= 0.3 is 12.1 Å². The lowest BCUT2D eigenvalue weighted by Gasteiger charge is -2.38. The number of rotatable bonds is 5. The van der Waals surface area contributed by atoms with E-state index >= 15 is 0 Å². The number of benzene rings is 2. The number of hydrogen-bond donors (Lipinski definition) is 3. The number of alkyl carbamates (subject to hydrolysis) is 1. The molecule has 10 nitrogen and oxygen atoms in total. The van der Waals surface area contributed by atoms with Gasteiger partial charge in [-0.25, -0.2) is 4.79 Å². The number of cyclic esters (lactones) is 1. The molecule has 0 radical (unpaired) electrons. The van der Waals surface area contributed by atoms with Crippen LogP contribution >= 0.6 is 0 Å². The van der Waals surface area contributed by atoms with Gasteiger partial charge in [-0.1, -0.05) is 48.5 Å². The normalized spacial score (nSPS) is 24.9. The molecular weight excluding hydrogens is 466 g/mol. The van der Waals surface area contributed by atoms with E-state index in [1.807, 2.05) is 48.5 Å². The van der Waals surface area contributed by atoms with E-state index in [0.29, 0.717) is 31.4 Å². The summed E-state index contributed by atoms with van der Waals surface area (Å²) in [5, 5.41) is 15.3. The van der Waals surface area contributed by atoms with Crippen LogP contribution in [0.25, 0.3) is 0 Å². The summed E-state index contributed by atoms with van der Waals surface area (Å²) in [5.41, 5.74) is 3.38. The van der Waals surface area contributed by atoms with Crippen LogP contribution in [-0.4, -0.2) is 53.4 Å². The summed E-state index contributed by atoms with van der Waals surface area (Å²) in [6, 6.07) is 12.4. The number of para-hydroxylation sites is 1. The summed E-state index contributed by atoms with van der Waals surface area (Å²) in [5.74, 6) is -1.50. The molecule has 2 aromatic rings. The van der Waals surface area contributed by atoms with Crippen LogP contribution in [0.3, 0.4) is 0 Å². The molecule has 10 heteroatoms. The molecule has 3 amide bonds. The van der Waals surface area contributed by atoms with Crippen LogP contribution < -0.4 is 15.5 Å². The van der Waals surface area contributed by atoms with Crippen LogP contribution in [-0.2, 0) is 43.3 Å². The van der Waals surface area contributed by atoms with Crippen molar-refractivity contribution in [2.45, 2.75) is 63.1 Å². The van der Waals surface area contributed by atoms with Gasteiger partial charge in [-0.15, -0.1) is 0 Å². The second-order valence-electron chi connectivity index (χ2n) is 9.18. The highest BCUT2D eigenvalue weighted by atomic mass is 16.6. The van der Waals surface area contributed by atoms with Gasteiger partial charge < -0.3 is 25.2 Å².